The molecule has 0 amide bonds. The smallest absolute Gasteiger partial charge is 0.00588 e. The number of hydrogen-bond donors (Lipinski definition) is 0. The van der Waals surface area contributed by atoms with Crippen LogP contribution in [0.25, 0.3) is 5.57 Å². The summed E-state index contributed by atoms with van der Waals surface area (Å²) in [4.78, 5) is 0. The number of halogens is 1. The van der Waals surface area contributed by atoms with Crippen LogP contribution in [-0.2, 0) is 6.42 Å². The van der Waals surface area contributed by atoms with E-state index in [4.69, 9.17) is 0 Å². The number of rotatable bonds is 5. The van der Waals surface area contributed by atoms with E-state index < -0.39 is 0 Å². The zero-order valence-electron chi connectivity index (χ0n) is 11.0. The molecule has 0 nitrogen and oxygen atoms in total. The SMILES string of the molecule is C=C(C)Cc1ccccc1/C(CC)=C(\I)CC. The molecule has 0 aliphatic carbocycles. The quantitative estimate of drug-likeness (QED) is 0.471. The minimum atomic E-state index is 0.979. The summed E-state index contributed by atoms with van der Waals surface area (Å²) in [6.45, 7) is 10.6. The summed E-state index contributed by atoms with van der Waals surface area (Å²) in [6.07, 6.45) is 3.19. The molecule has 17 heavy (non-hydrogen) atoms. The summed E-state index contributed by atoms with van der Waals surface area (Å²) in [6, 6.07) is 8.71. The topological polar surface area (TPSA) is 0 Å². The van der Waals surface area contributed by atoms with Crippen molar-refractivity contribution in [3.05, 3.63) is 51.1 Å². The van der Waals surface area contributed by atoms with Crippen LogP contribution in [0.1, 0.15) is 44.7 Å². The maximum Gasteiger partial charge on any atom is -0.00588 e. The summed E-state index contributed by atoms with van der Waals surface area (Å²) in [5.41, 5.74) is 5.52. The lowest BCUT2D eigenvalue weighted by Crippen LogP contribution is -1.95. The van der Waals surface area contributed by atoms with Crippen molar-refractivity contribution < 1.29 is 0 Å². The third-order valence-corrected chi connectivity index (χ3v) is 4.24. The Hall–Kier alpha value is -0.570. The lowest BCUT2D eigenvalue weighted by atomic mass is 9.94. The minimum Gasteiger partial charge on any atom is -0.0998 e. The predicted molar refractivity (Wildman–Crippen MR) is 86.5 cm³/mol. The lowest BCUT2D eigenvalue weighted by molar-refractivity contribution is 1.11. The first-order valence-corrected chi connectivity index (χ1v) is 7.28. The van der Waals surface area contributed by atoms with E-state index in [9.17, 15) is 0 Å². The first-order valence-electron chi connectivity index (χ1n) is 6.20. The molecule has 0 spiro atoms. The molecule has 0 atom stereocenters. The molecule has 0 radical (unpaired) electrons. The van der Waals surface area contributed by atoms with Gasteiger partial charge in [0.25, 0.3) is 0 Å². The zero-order chi connectivity index (χ0) is 12.8. The van der Waals surface area contributed by atoms with E-state index in [0.717, 1.165) is 19.3 Å². The molecular weight excluding hydrogens is 319 g/mol. The van der Waals surface area contributed by atoms with Crippen LogP contribution in [0.15, 0.2) is 40.0 Å². The molecular formula is C16H21I. The molecule has 1 aromatic rings. The van der Waals surface area contributed by atoms with E-state index in [1.54, 1.807) is 0 Å². The van der Waals surface area contributed by atoms with Crippen molar-refractivity contribution >= 4 is 28.2 Å². The zero-order valence-corrected chi connectivity index (χ0v) is 13.2. The Morgan fingerprint density at radius 1 is 1.18 bits per heavy atom. The molecule has 0 fully saturated rings. The fourth-order valence-corrected chi connectivity index (χ4v) is 2.71. The van der Waals surface area contributed by atoms with Gasteiger partial charge in [-0.2, -0.15) is 0 Å². The Labute approximate surface area is 119 Å². The second-order valence-electron chi connectivity index (χ2n) is 4.38. The van der Waals surface area contributed by atoms with E-state index >= 15 is 0 Å². The van der Waals surface area contributed by atoms with Crippen LogP contribution in [-0.4, -0.2) is 0 Å². The van der Waals surface area contributed by atoms with Gasteiger partial charge < -0.3 is 0 Å². The summed E-state index contributed by atoms with van der Waals surface area (Å²) >= 11 is 2.48. The molecule has 0 saturated carbocycles. The van der Waals surface area contributed by atoms with Crippen molar-refractivity contribution in [3.8, 4) is 0 Å². The van der Waals surface area contributed by atoms with Crippen LogP contribution in [0, 0.1) is 0 Å². The molecule has 1 aromatic carbocycles. The maximum absolute atomic E-state index is 4.02. The van der Waals surface area contributed by atoms with E-state index in [0.29, 0.717) is 0 Å². The fourth-order valence-electron chi connectivity index (χ4n) is 2.04. The molecule has 0 N–H and O–H groups in total. The minimum absolute atomic E-state index is 0.979. The highest BCUT2D eigenvalue weighted by atomic mass is 127. The van der Waals surface area contributed by atoms with Gasteiger partial charge in [0.15, 0.2) is 0 Å². The first kappa shape index (κ1) is 14.5. The van der Waals surface area contributed by atoms with Crippen molar-refractivity contribution in [2.75, 3.05) is 0 Å². The summed E-state index contributed by atoms with van der Waals surface area (Å²) in [5.74, 6) is 0. The molecule has 1 heteroatoms. The van der Waals surface area contributed by atoms with Crippen molar-refractivity contribution in [1.82, 2.24) is 0 Å². The molecule has 0 aromatic heterocycles. The van der Waals surface area contributed by atoms with Crippen molar-refractivity contribution in [3.63, 3.8) is 0 Å². The van der Waals surface area contributed by atoms with Gasteiger partial charge in [-0.1, -0.05) is 50.3 Å². The van der Waals surface area contributed by atoms with Gasteiger partial charge in [0.1, 0.15) is 0 Å². The fraction of sp³-hybridized carbons (Fsp3) is 0.375. The third kappa shape index (κ3) is 3.98. The molecule has 0 unspecified atom stereocenters. The van der Waals surface area contributed by atoms with Crippen LogP contribution in [0.2, 0.25) is 0 Å². The van der Waals surface area contributed by atoms with E-state index in [1.165, 1.54) is 25.9 Å². The van der Waals surface area contributed by atoms with Crippen LogP contribution in [0.3, 0.4) is 0 Å². The monoisotopic (exact) mass is 340 g/mol. The van der Waals surface area contributed by atoms with Crippen LogP contribution >= 0.6 is 22.6 Å². The second-order valence-corrected chi connectivity index (χ2v) is 5.68. The number of hydrogen-bond acceptors (Lipinski definition) is 0. The summed E-state index contributed by atoms with van der Waals surface area (Å²) in [7, 11) is 0. The van der Waals surface area contributed by atoms with Gasteiger partial charge in [0.2, 0.25) is 0 Å². The Bertz CT molecular complexity index is 427. The second kappa shape index (κ2) is 7.00. The summed E-state index contributed by atoms with van der Waals surface area (Å²) < 4.78 is 1.47. The van der Waals surface area contributed by atoms with Gasteiger partial charge in [-0.25, -0.2) is 0 Å². The first-order chi connectivity index (χ1) is 8.10. The van der Waals surface area contributed by atoms with Gasteiger partial charge in [0.05, 0.1) is 0 Å². The van der Waals surface area contributed by atoms with E-state index in [1.807, 2.05) is 0 Å². The normalized spacial score (nSPS) is 12.2. The van der Waals surface area contributed by atoms with Crippen LogP contribution in [0.5, 0.6) is 0 Å². The van der Waals surface area contributed by atoms with Crippen LogP contribution < -0.4 is 0 Å². The lowest BCUT2D eigenvalue weighted by Gasteiger charge is -2.14. The van der Waals surface area contributed by atoms with Gasteiger partial charge in [0, 0.05) is 0 Å². The highest BCUT2D eigenvalue weighted by molar-refractivity contribution is 14.1. The standard InChI is InChI=1S/C16H21I/c1-5-14(16(17)6-2)15-10-8-7-9-13(15)11-12(3)4/h7-10H,3,5-6,11H2,1-2,4H3/b16-14-. The average Bonchev–Trinajstić information content (AvgIpc) is 2.31. The Balaban J connectivity index is 3.24. The Morgan fingerprint density at radius 2 is 1.82 bits per heavy atom. The largest absolute Gasteiger partial charge is 0.0998 e. The van der Waals surface area contributed by atoms with Crippen molar-refractivity contribution in [1.29, 1.82) is 0 Å². The number of allylic oxidation sites excluding steroid dienone is 3. The van der Waals surface area contributed by atoms with Gasteiger partial charge in [-0.3, -0.25) is 0 Å². The van der Waals surface area contributed by atoms with E-state index in [-0.39, 0.29) is 0 Å². The highest BCUT2D eigenvalue weighted by Crippen LogP contribution is 2.31. The molecule has 0 aliphatic rings. The molecule has 0 aliphatic heterocycles. The predicted octanol–water partition coefficient (Wildman–Crippen LogP) is 5.77. The van der Waals surface area contributed by atoms with Crippen LogP contribution in [0.4, 0.5) is 0 Å². The maximum atomic E-state index is 4.02. The molecule has 0 saturated heterocycles. The van der Waals surface area contributed by atoms with Crippen molar-refractivity contribution in [2.24, 2.45) is 0 Å². The molecule has 92 valence electrons. The molecule has 0 bridgehead atoms. The van der Waals surface area contributed by atoms with E-state index in [2.05, 4.69) is 74.2 Å². The Kier molecular flexibility index (Phi) is 5.96. The number of benzene rings is 1. The molecule has 0 heterocycles. The van der Waals surface area contributed by atoms with Gasteiger partial charge in [-0.15, -0.1) is 0 Å². The Morgan fingerprint density at radius 3 is 2.35 bits per heavy atom. The molecule has 1 rings (SSSR count). The van der Waals surface area contributed by atoms with Gasteiger partial charge in [-0.05, 0) is 69.1 Å². The van der Waals surface area contributed by atoms with Gasteiger partial charge >= 0.3 is 0 Å². The highest BCUT2D eigenvalue weighted by Gasteiger charge is 2.08. The van der Waals surface area contributed by atoms with Crippen molar-refractivity contribution in [2.45, 2.75) is 40.0 Å². The average molecular weight is 340 g/mol. The third-order valence-electron chi connectivity index (χ3n) is 2.83. The summed E-state index contributed by atoms with van der Waals surface area (Å²) in [5, 5.41) is 0.